The summed E-state index contributed by atoms with van der Waals surface area (Å²) >= 11 is 3.16. The lowest BCUT2D eigenvalue weighted by Crippen LogP contribution is -2.39. The van der Waals surface area contributed by atoms with Crippen molar-refractivity contribution in [3.05, 3.63) is 69.9 Å². The Hall–Kier alpha value is -1.72. The van der Waals surface area contributed by atoms with E-state index in [4.69, 9.17) is 0 Å². The monoisotopic (exact) mass is 351 g/mol. The summed E-state index contributed by atoms with van der Waals surface area (Å²) in [6, 6.07) is 13.4. The smallest absolute Gasteiger partial charge is 0.255 e. The van der Waals surface area contributed by atoms with Gasteiger partial charge < -0.3 is 10.4 Å². The second-order valence-corrected chi connectivity index (χ2v) is 5.49. The number of benzene rings is 2. The van der Waals surface area contributed by atoms with Gasteiger partial charge in [0.05, 0.1) is 18.2 Å². The fraction of sp³-hybridized carbons (Fsp3) is 0.188. The van der Waals surface area contributed by atoms with Gasteiger partial charge in [-0.15, -0.1) is 0 Å². The van der Waals surface area contributed by atoms with E-state index in [9.17, 15) is 14.3 Å². The standard InChI is InChI=1S/C16H15BrFNO2/c17-13-7-4-8-14(18)15(13)16(21)19-12(10-20)9-11-5-2-1-3-6-11/h1-8,12,20H,9-10H2,(H,19,21)/t12-/m0/s1. The highest BCUT2D eigenvalue weighted by molar-refractivity contribution is 9.10. The van der Waals surface area contributed by atoms with Gasteiger partial charge >= 0.3 is 0 Å². The Labute approximate surface area is 130 Å². The van der Waals surface area contributed by atoms with Gasteiger partial charge in [0.2, 0.25) is 0 Å². The molecule has 0 aliphatic rings. The molecular formula is C16H15BrFNO2. The summed E-state index contributed by atoms with van der Waals surface area (Å²) < 4.78 is 14.1. The Morgan fingerprint density at radius 1 is 1.19 bits per heavy atom. The minimum atomic E-state index is -0.599. The quantitative estimate of drug-likeness (QED) is 0.869. The number of carbonyl (C=O) groups is 1. The molecule has 0 saturated heterocycles. The second-order valence-electron chi connectivity index (χ2n) is 4.64. The third-order valence-corrected chi connectivity index (χ3v) is 3.73. The maximum absolute atomic E-state index is 13.7. The predicted molar refractivity (Wildman–Crippen MR) is 82.6 cm³/mol. The topological polar surface area (TPSA) is 49.3 Å². The van der Waals surface area contributed by atoms with Crippen LogP contribution in [0.3, 0.4) is 0 Å². The molecule has 21 heavy (non-hydrogen) atoms. The number of halogens is 2. The molecule has 0 radical (unpaired) electrons. The molecule has 1 atom stereocenters. The molecule has 0 aliphatic heterocycles. The molecule has 0 heterocycles. The highest BCUT2D eigenvalue weighted by Gasteiger charge is 2.19. The summed E-state index contributed by atoms with van der Waals surface area (Å²) in [7, 11) is 0. The maximum atomic E-state index is 13.7. The molecule has 1 amide bonds. The molecule has 0 aromatic heterocycles. The molecule has 0 fully saturated rings. The Morgan fingerprint density at radius 2 is 1.90 bits per heavy atom. The summed E-state index contributed by atoms with van der Waals surface area (Å²) in [5.41, 5.74) is 0.938. The molecular weight excluding hydrogens is 337 g/mol. The van der Waals surface area contributed by atoms with Gasteiger partial charge in [0.15, 0.2) is 0 Å². The van der Waals surface area contributed by atoms with E-state index in [1.807, 2.05) is 30.3 Å². The van der Waals surface area contributed by atoms with Crippen LogP contribution in [0.5, 0.6) is 0 Å². The van der Waals surface area contributed by atoms with Gasteiger partial charge in [-0.05, 0) is 40.0 Å². The lowest BCUT2D eigenvalue weighted by molar-refractivity contribution is 0.0911. The SMILES string of the molecule is O=C(N[C@H](CO)Cc1ccccc1)c1c(F)cccc1Br. The summed E-state index contributed by atoms with van der Waals surface area (Å²) in [4.78, 5) is 12.2. The lowest BCUT2D eigenvalue weighted by atomic mass is 10.1. The van der Waals surface area contributed by atoms with Crippen molar-refractivity contribution in [1.29, 1.82) is 0 Å². The van der Waals surface area contributed by atoms with Crippen LogP contribution >= 0.6 is 15.9 Å². The Kier molecular flexibility index (Phi) is 5.47. The maximum Gasteiger partial charge on any atom is 0.255 e. The highest BCUT2D eigenvalue weighted by Crippen LogP contribution is 2.19. The molecule has 5 heteroatoms. The first-order chi connectivity index (χ1) is 10.1. The van der Waals surface area contributed by atoms with Crippen molar-refractivity contribution >= 4 is 21.8 Å². The first-order valence-electron chi connectivity index (χ1n) is 6.51. The van der Waals surface area contributed by atoms with Crippen molar-refractivity contribution < 1.29 is 14.3 Å². The number of nitrogens with one attached hydrogen (secondary N) is 1. The van der Waals surface area contributed by atoms with E-state index in [0.717, 1.165) is 5.56 Å². The predicted octanol–water partition coefficient (Wildman–Crippen LogP) is 2.92. The summed E-state index contributed by atoms with van der Waals surface area (Å²) in [6.07, 6.45) is 0.481. The summed E-state index contributed by atoms with van der Waals surface area (Å²) in [5, 5.41) is 12.1. The molecule has 0 aliphatic carbocycles. The minimum Gasteiger partial charge on any atom is -0.394 e. The van der Waals surface area contributed by atoms with Gasteiger partial charge in [-0.2, -0.15) is 0 Å². The van der Waals surface area contributed by atoms with E-state index in [1.165, 1.54) is 12.1 Å². The first-order valence-corrected chi connectivity index (χ1v) is 7.30. The molecule has 0 spiro atoms. The molecule has 110 valence electrons. The fourth-order valence-corrected chi connectivity index (χ4v) is 2.55. The van der Waals surface area contributed by atoms with E-state index in [2.05, 4.69) is 21.2 Å². The van der Waals surface area contributed by atoms with Gasteiger partial charge in [0, 0.05) is 4.47 Å². The van der Waals surface area contributed by atoms with E-state index in [0.29, 0.717) is 10.9 Å². The number of aliphatic hydroxyl groups excluding tert-OH is 1. The van der Waals surface area contributed by atoms with Crippen molar-refractivity contribution in [1.82, 2.24) is 5.32 Å². The number of hydrogen-bond acceptors (Lipinski definition) is 2. The largest absolute Gasteiger partial charge is 0.394 e. The van der Waals surface area contributed by atoms with E-state index in [-0.39, 0.29) is 12.2 Å². The van der Waals surface area contributed by atoms with Crippen LogP contribution in [0.25, 0.3) is 0 Å². The van der Waals surface area contributed by atoms with Gasteiger partial charge in [-0.3, -0.25) is 4.79 Å². The molecule has 0 unspecified atom stereocenters. The van der Waals surface area contributed by atoms with Gasteiger partial charge in [-0.1, -0.05) is 36.4 Å². The first kappa shape index (κ1) is 15.7. The van der Waals surface area contributed by atoms with Crippen LogP contribution in [-0.2, 0) is 6.42 Å². The van der Waals surface area contributed by atoms with Crippen LogP contribution < -0.4 is 5.32 Å². The van der Waals surface area contributed by atoms with E-state index in [1.54, 1.807) is 6.07 Å². The summed E-state index contributed by atoms with van der Waals surface area (Å²) in [5.74, 6) is -1.15. The minimum absolute atomic E-state index is 0.0518. The van der Waals surface area contributed by atoms with Crippen LogP contribution in [-0.4, -0.2) is 23.7 Å². The van der Waals surface area contributed by atoms with Crippen molar-refractivity contribution in [2.45, 2.75) is 12.5 Å². The molecule has 2 aromatic carbocycles. The zero-order chi connectivity index (χ0) is 15.2. The number of carbonyl (C=O) groups excluding carboxylic acids is 1. The molecule has 0 saturated carbocycles. The van der Waals surface area contributed by atoms with E-state index >= 15 is 0 Å². The van der Waals surface area contributed by atoms with Crippen LogP contribution in [0.1, 0.15) is 15.9 Å². The van der Waals surface area contributed by atoms with Gasteiger partial charge in [0.25, 0.3) is 5.91 Å². The Bertz CT molecular complexity index is 599. The average Bonchev–Trinajstić information content (AvgIpc) is 2.47. The Morgan fingerprint density at radius 3 is 2.52 bits per heavy atom. The molecule has 0 bridgehead atoms. The lowest BCUT2D eigenvalue weighted by Gasteiger charge is -2.17. The third-order valence-electron chi connectivity index (χ3n) is 3.07. The zero-order valence-electron chi connectivity index (χ0n) is 11.2. The van der Waals surface area contributed by atoms with Crippen molar-refractivity contribution in [2.75, 3.05) is 6.61 Å². The highest BCUT2D eigenvalue weighted by atomic mass is 79.9. The van der Waals surface area contributed by atoms with E-state index < -0.39 is 17.8 Å². The third kappa shape index (κ3) is 4.12. The molecule has 2 N–H and O–H groups in total. The normalized spacial score (nSPS) is 12.0. The second kappa shape index (κ2) is 7.33. The van der Waals surface area contributed by atoms with Crippen molar-refractivity contribution in [2.24, 2.45) is 0 Å². The number of rotatable bonds is 5. The zero-order valence-corrected chi connectivity index (χ0v) is 12.8. The molecule has 3 nitrogen and oxygen atoms in total. The molecule has 2 rings (SSSR count). The fourth-order valence-electron chi connectivity index (χ4n) is 2.03. The summed E-state index contributed by atoms with van der Waals surface area (Å²) in [6.45, 7) is -0.216. The van der Waals surface area contributed by atoms with Gasteiger partial charge in [0.1, 0.15) is 5.82 Å². The Balaban J connectivity index is 2.10. The number of hydrogen-bond donors (Lipinski definition) is 2. The number of amides is 1. The van der Waals surface area contributed by atoms with Gasteiger partial charge in [-0.25, -0.2) is 4.39 Å². The van der Waals surface area contributed by atoms with Crippen LogP contribution in [0, 0.1) is 5.82 Å². The average molecular weight is 352 g/mol. The molecule has 2 aromatic rings. The van der Waals surface area contributed by atoms with Crippen molar-refractivity contribution in [3.8, 4) is 0 Å². The van der Waals surface area contributed by atoms with Crippen LogP contribution in [0.2, 0.25) is 0 Å². The van der Waals surface area contributed by atoms with Crippen LogP contribution in [0.15, 0.2) is 53.0 Å². The van der Waals surface area contributed by atoms with Crippen molar-refractivity contribution in [3.63, 3.8) is 0 Å². The van der Waals surface area contributed by atoms with Crippen LogP contribution in [0.4, 0.5) is 4.39 Å². The number of aliphatic hydroxyl groups is 1.